The van der Waals surface area contributed by atoms with Gasteiger partial charge in [-0.2, -0.15) is 0 Å². The summed E-state index contributed by atoms with van der Waals surface area (Å²) in [5, 5.41) is 13.5. The minimum absolute atomic E-state index is 0.132. The highest BCUT2D eigenvalue weighted by Crippen LogP contribution is 2.36. The number of nitrogens with one attached hydrogen (secondary N) is 2. The number of hydrogen-bond acceptors (Lipinski definition) is 2. The van der Waals surface area contributed by atoms with E-state index < -0.39 is 11.4 Å². The van der Waals surface area contributed by atoms with Crippen LogP contribution >= 0.6 is 11.6 Å². The molecule has 2 aromatic rings. The molecule has 6 heteroatoms. The first-order valence-electron chi connectivity index (χ1n) is 7.81. The number of amides is 1. The first-order chi connectivity index (χ1) is 11.0. The van der Waals surface area contributed by atoms with Crippen LogP contribution in [0.5, 0.6) is 0 Å². The van der Waals surface area contributed by atoms with Crippen LogP contribution in [0.25, 0.3) is 10.9 Å². The Labute approximate surface area is 139 Å². The number of carboxylic acid groups (broad SMARTS) is 1. The predicted octanol–water partition coefficient (Wildman–Crippen LogP) is 3.59. The number of halogens is 1. The second-order valence-electron chi connectivity index (χ2n) is 6.19. The molecule has 23 heavy (non-hydrogen) atoms. The number of benzene rings is 1. The molecular weight excluding hydrogens is 316 g/mol. The molecule has 1 saturated carbocycles. The van der Waals surface area contributed by atoms with Crippen molar-refractivity contribution in [3.05, 3.63) is 35.0 Å². The number of aliphatic carboxylic acids is 1. The fourth-order valence-corrected chi connectivity index (χ4v) is 3.59. The molecule has 0 radical (unpaired) electrons. The van der Waals surface area contributed by atoms with Gasteiger partial charge in [0.05, 0.1) is 10.4 Å². The Balaban J connectivity index is 1.78. The Bertz CT molecular complexity index is 747. The molecule has 3 N–H and O–H groups in total. The maximum atomic E-state index is 12.4. The minimum Gasteiger partial charge on any atom is -0.481 e. The van der Waals surface area contributed by atoms with E-state index in [-0.39, 0.29) is 18.1 Å². The Morgan fingerprint density at radius 2 is 1.91 bits per heavy atom. The second-order valence-corrected chi connectivity index (χ2v) is 6.57. The van der Waals surface area contributed by atoms with Crippen molar-refractivity contribution >= 4 is 34.4 Å². The summed E-state index contributed by atoms with van der Waals surface area (Å²) in [7, 11) is 0. The average Bonchev–Trinajstić information content (AvgIpc) is 2.91. The standard InChI is InChI=1S/C17H19ClN2O3/c18-13-11-6-2-3-7-12(11)20-14(13)15(21)19-10-17(16(22)23)8-4-1-5-9-17/h2-3,6-7,20H,1,4-5,8-10H2,(H,19,21)(H,22,23). The van der Waals surface area contributed by atoms with Crippen LogP contribution in [-0.2, 0) is 4.79 Å². The quantitative estimate of drug-likeness (QED) is 0.799. The van der Waals surface area contributed by atoms with Crippen LogP contribution < -0.4 is 5.32 Å². The van der Waals surface area contributed by atoms with E-state index in [4.69, 9.17) is 11.6 Å². The molecular formula is C17H19ClN2O3. The molecule has 0 saturated heterocycles. The summed E-state index contributed by atoms with van der Waals surface area (Å²) in [6.07, 6.45) is 4.02. The number of carbonyl (C=O) groups is 2. The molecule has 122 valence electrons. The van der Waals surface area contributed by atoms with Gasteiger partial charge in [-0.1, -0.05) is 49.1 Å². The van der Waals surface area contributed by atoms with Crippen molar-refractivity contribution in [1.82, 2.24) is 10.3 Å². The number of carboxylic acids is 1. The summed E-state index contributed by atoms with van der Waals surface area (Å²) in [5.41, 5.74) is 0.212. The molecule has 0 atom stereocenters. The highest BCUT2D eigenvalue weighted by Gasteiger charge is 2.40. The number of aromatic amines is 1. The van der Waals surface area contributed by atoms with Crippen molar-refractivity contribution in [2.24, 2.45) is 5.41 Å². The van der Waals surface area contributed by atoms with Crippen LogP contribution in [0.2, 0.25) is 5.02 Å². The van der Waals surface area contributed by atoms with Gasteiger partial charge in [0.15, 0.2) is 0 Å². The van der Waals surface area contributed by atoms with Crippen LogP contribution in [0, 0.1) is 5.41 Å². The monoisotopic (exact) mass is 334 g/mol. The largest absolute Gasteiger partial charge is 0.481 e. The second kappa shape index (κ2) is 6.24. The number of hydrogen-bond donors (Lipinski definition) is 3. The van der Waals surface area contributed by atoms with E-state index in [2.05, 4.69) is 10.3 Å². The van der Waals surface area contributed by atoms with Gasteiger partial charge in [-0.25, -0.2) is 0 Å². The summed E-state index contributed by atoms with van der Waals surface area (Å²) in [4.78, 5) is 27.1. The Hall–Kier alpha value is -2.01. The van der Waals surface area contributed by atoms with E-state index in [1.807, 2.05) is 24.3 Å². The van der Waals surface area contributed by atoms with Crippen LogP contribution in [0.15, 0.2) is 24.3 Å². The molecule has 1 fully saturated rings. The molecule has 0 unspecified atom stereocenters. The SMILES string of the molecule is O=C(NCC1(C(=O)O)CCCCC1)c1[nH]c2ccccc2c1Cl. The molecule has 1 aromatic carbocycles. The van der Waals surface area contributed by atoms with Crippen LogP contribution in [0.3, 0.4) is 0 Å². The number of aromatic nitrogens is 1. The molecule has 0 spiro atoms. The molecule has 1 aromatic heterocycles. The van der Waals surface area contributed by atoms with E-state index in [9.17, 15) is 14.7 Å². The van der Waals surface area contributed by atoms with Gasteiger partial charge in [0.25, 0.3) is 5.91 Å². The molecule has 0 bridgehead atoms. The number of rotatable bonds is 4. The summed E-state index contributed by atoms with van der Waals surface area (Å²) in [5.74, 6) is -1.20. The van der Waals surface area contributed by atoms with Gasteiger partial charge < -0.3 is 15.4 Å². The number of fused-ring (bicyclic) bond motifs is 1. The van der Waals surface area contributed by atoms with Gasteiger partial charge in [0, 0.05) is 17.4 Å². The van der Waals surface area contributed by atoms with Crippen LogP contribution in [-0.4, -0.2) is 28.5 Å². The van der Waals surface area contributed by atoms with Gasteiger partial charge in [-0.3, -0.25) is 9.59 Å². The molecule has 3 rings (SSSR count). The van der Waals surface area contributed by atoms with Crippen molar-refractivity contribution in [2.45, 2.75) is 32.1 Å². The Kier molecular flexibility index (Phi) is 4.31. The highest BCUT2D eigenvalue weighted by atomic mass is 35.5. The topological polar surface area (TPSA) is 82.2 Å². The Morgan fingerprint density at radius 3 is 2.57 bits per heavy atom. The van der Waals surface area contributed by atoms with E-state index in [1.54, 1.807) is 0 Å². The third kappa shape index (κ3) is 2.93. The molecule has 1 heterocycles. The lowest BCUT2D eigenvalue weighted by Gasteiger charge is -2.33. The van der Waals surface area contributed by atoms with Crippen molar-refractivity contribution in [2.75, 3.05) is 6.54 Å². The predicted molar refractivity (Wildman–Crippen MR) is 88.8 cm³/mol. The van der Waals surface area contributed by atoms with Crippen LogP contribution in [0.4, 0.5) is 0 Å². The molecule has 0 aliphatic heterocycles. The van der Waals surface area contributed by atoms with Gasteiger partial charge in [0.1, 0.15) is 5.69 Å². The lowest BCUT2D eigenvalue weighted by molar-refractivity contribution is -0.150. The van der Waals surface area contributed by atoms with Gasteiger partial charge in [-0.05, 0) is 18.9 Å². The highest BCUT2D eigenvalue weighted by molar-refractivity contribution is 6.38. The fraction of sp³-hybridized carbons (Fsp3) is 0.412. The van der Waals surface area contributed by atoms with Crippen molar-refractivity contribution in [1.29, 1.82) is 0 Å². The molecule has 1 amide bonds. The van der Waals surface area contributed by atoms with E-state index >= 15 is 0 Å². The molecule has 1 aliphatic carbocycles. The maximum Gasteiger partial charge on any atom is 0.311 e. The van der Waals surface area contributed by atoms with Crippen molar-refractivity contribution < 1.29 is 14.7 Å². The molecule has 1 aliphatic rings. The fourth-order valence-electron chi connectivity index (χ4n) is 3.30. The normalized spacial score (nSPS) is 17.1. The summed E-state index contributed by atoms with van der Waals surface area (Å²) in [6.45, 7) is 0.132. The lowest BCUT2D eigenvalue weighted by atomic mass is 9.74. The van der Waals surface area contributed by atoms with E-state index in [1.165, 1.54) is 0 Å². The van der Waals surface area contributed by atoms with Gasteiger partial charge in [-0.15, -0.1) is 0 Å². The van der Waals surface area contributed by atoms with Crippen LogP contribution in [0.1, 0.15) is 42.6 Å². The van der Waals surface area contributed by atoms with E-state index in [0.717, 1.165) is 30.2 Å². The number of carbonyl (C=O) groups excluding carboxylic acids is 1. The number of H-pyrrole nitrogens is 1. The number of para-hydroxylation sites is 1. The summed E-state index contributed by atoms with van der Waals surface area (Å²) < 4.78 is 0. The zero-order valence-corrected chi connectivity index (χ0v) is 13.4. The summed E-state index contributed by atoms with van der Waals surface area (Å²) in [6, 6.07) is 7.40. The van der Waals surface area contributed by atoms with Crippen molar-refractivity contribution in [3.8, 4) is 0 Å². The first-order valence-corrected chi connectivity index (χ1v) is 8.19. The average molecular weight is 335 g/mol. The van der Waals surface area contributed by atoms with E-state index in [0.29, 0.717) is 17.9 Å². The zero-order chi connectivity index (χ0) is 16.4. The van der Waals surface area contributed by atoms with Gasteiger partial charge in [0.2, 0.25) is 0 Å². The third-order valence-electron chi connectivity index (χ3n) is 4.72. The smallest absolute Gasteiger partial charge is 0.311 e. The minimum atomic E-state index is -0.855. The summed E-state index contributed by atoms with van der Waals surface area (Å²) >= 11 is 6.26. The lowest BCUT2D eigenvalue weighted by Crippen LogP contribution is -2.44. The first kappa shape index (κ1) is 15.9. The third-order valence-corrected chi connectivity index (χ3v) is 5.11. The zero-order valence-electron chi connectivity index (χ0n) is 12.7. The van der Waals surface area contributed by atoms with Gasteiger partial charge >= 0.3 is 5.97 Å². The Morgan fingerprint density at radius 1 is 1.22 bits per heavy atom. The van der Waals surface area contributed by atoms with Crippen molar-refractivity contribution in [3.63, 3.8) is 0 Å². The molecule has 5 nitrogen and oxygen atoms in total. The maximum absolute atomic E-state index is 12.4.